The fourth-order valence-electron chi connectivity index (χ4n) is 1.24. The quantitative estimate of drug-likeness (QED) is 0.489. The summed E-state index contributed by atoms with van der Waals surface area (Å²) in [4.78, 5) is 9.68. The molecule has 0 fully saturated rings. The Morgan fingerprint density at radius 2 is 1.54 bits per heavy atom. The minimum Gasteiger partial charge on any atom is -0.390 e. The molecule has 3 nitrogen and oxygen atoms in total. The van der Waals surface area contributed by atoms with Gasteiger partial charge in [-0.1, -0.05) is 32.6 Å². The number of hydrogen-bond acceptors (Lipinski definition) is 3. The van der Waals surface area contributed by atoms with Gasteiger partial charge in [0, 0.05) is 20.3 Å². The Kier molecular flexibility index (Phi) is 7.55. The first kappa shape index (κ1) is 13.1. The van der Waals surface area contributed by atoms with Crippen LogP contribution in [0.2, 0.25) is 6.04 Å². The predicted octanol–water partition coefficient (Wildman–Crippen LogP) is 2.18. The minimum absolute atomic E-state index is 0.684. The van der Waals surface area contributed by atoms with Crippen LogP contribution < -0.4 is 0 Å². The molecule has 0 heterocycles. The second-order valence-corrected chi connectivity index (χ2v) is 6.03. The highest BCUT2D eigenvalue weighted by Crippen LogP contribution is 2.14. The molecule has 0 atom stereocenters. The molecule has 0 saturated heterocycles. The predicted molar refractivity (Wildman–Crippen MR) is 55.6 cm³/mol. The Morgan fingerprint density at radius 1 is 1.00 bits per heavy atom. The maximum atomic E-state index is 9.68. The van der Waals surface area contributed by atoms with E-state index in [9.17, 15) is 4.80 Å². The van der Waals surface area contributed by atoms with Crippen LogP contribution in [0.3, 0.4) is 0 Å². The van der Waals surface area contributed by atoms with Gasteiger partial charge >= 0.3 is 8.80 Å². The van der Waals surface area contributed by atoms with Crippen LogP contribution in [0.25, 0.3) is 0 Å². The maximum Gasteiger partial charge on any atom is 0.497 e. The molecule has 1 N–H and O–H groups in total. The van der Waals surface area contributed by atoms with E-state index in [1.807, 2.05) is 0 Å². The summed E-state index contributed by atoms with van der Waals surface area (Å²) in [6.07, 6.45) is 5.94. The van der Waals surface area contributed by atoms with Gasteiger partial charge < -0.3 is 13.6 Å². The van der Waals surface area contributed by atoms with E-state index < -0.39 is 8.80 Å². The zero-order valence-electron chi connectivity index (χ0n) is 9.01. The van der Waals surface area contributed by atoms with Gasteiger partial charge in [-0.05, 0) is 6.42 Å². The summed E-state index contributed by atoms with van der Waals surface area (Å²) in [7, 11) is 0.274. The van der Waals surface area contributed by atoms with Gasteiger partial charge in [0.05, 0.1) is 0 Å². The summed E-state index contributed by atoms with van der Waals surface area (Å²) in [5.74, 6) is 0. The van der Waals surface area contributed by atoms with Crippen LogP contribution in [0.5, 0.6) is 0 Å². The molecule has 0 aliphatic rings. The van der Waals surface area contributed by atoms with Gasteiger partial charge in [-0.15, -0.1) is 0 Å². The Bertz CT molecular complexity index is 115. The molecule has 80 valence electrons. The Labute approximate surface area is 82.4 Å². The van der Waals surface area contributed by atoms with Gasteiger partial charge in [0.1, 0.15) is 0 Å². The highest BCUT2D eigenvalue weighted by Gasteiger charge is 2.32. The summed E-state index contributed by atoms with van der Waals surface area (Å²) < 4.78 is 9.93. The summed E-state index contributed by atoms with van der Waals surface area (Å²) in [6.45, 7) is 2.19. The fourth-order valence-corrected chi connectivity index (χ4v) is 2.51. The third-order valence-electron chi connectivity index (χ3n) is 2.23. The van der Waals surface area contributed by atoms with E-state index >= 15 is 0 Å². The average molecular weight is 206 g/mol. The molecule has 0 aromatic rings. The van der Waals surface area contributed by atoms with Crippen LogP contribution in [0.4, 0.5) is 0 Å². The van der Waals surface area contributed by atoms with E-state index in [0.717, 1.165) is 12.8 Å². The molecule has 0 unspecified atom stereocenters. The van der Waals surface area contributed by atoms with E-state index in [2.05, 4.69) is 6.92 Å². The molecule has 0 aliphatic heterocycles. The molecule has 0 bridgehead atoms. The highest BCUT2D eigenvalue weighted by molar-refractivity contribution is 6.59. The number of rotatable bonds is 8. The standard InChI is InChI=1S/C9H22O3Si/c1-4-5-6-7-8-9-13(10,11-2)12-3/h10H,4-9H2,1-3H3. The van der Waals surface area contributed by atoms with Crippen LogP contribution in [0.15, 0.2) is 0 Å². The zero-order chi connectivity index (χ0) is 10.2. The monoisotopic (exact) mass is 206 g/mol. The van der Waals surface area contributed by atoms with Gasteiger partial charge in [-0.2, -0.15) is 0 Å². The minimum atomic E-state index is -2.76. The van der Waals surface area contributed by atoms with Gasteiger partial charge in [-0.25, -0.2) is 0 Å². The van der Waals surface area contributed by atoms with E-state index in [4.69, 9.17) is 8.85 Å². The second kappa shape index (κ2) is 7.50. The van der Waals surface area contributed by atoms with Crippen molar-refractivity contribution in [1.82, 2.24) is 0 Å². The lowest BCUT2D eigenvalue weighted by molar-refractivity contribution is 0.150. The third-order valence-corrected chi connectivity index (χ3v) is 4.50. The highest BCUT2D eigenvalue weighted by atomic mass is 28.4. The molecule has 0 aliphatic carbocycles. The van der Waals surface area contributed by atoms with Crippen molar-refractivity contribution in [3.8, 4) is 0 Å². The largest absolute Gasteiger partial charge is 0.497 e. The molecule has 0 rings (SSSR count). The molecule has 0 radical (unpaired) electrons. The lowest BCUT2D eigenvalue weighted by Gasteiger charge is -2.19. The lowest BCUT2D eigenvalue weighted by atomic mass is 10.2. The van der Waals surface area contributed by atoms with Crippen molar-refractivity contribution in [1.29, 1.82) is 0 Å². The zero-order valence-corrected chi connectivity index (χ0v) is 10.0. The van der Waals surface area contributed by atoms with Crippen molar-refractivity contribution in [3.63, 3.8) is 0 Å². The van der Waals surface area contributed by atoms with E-state index in [-0.39, 0.29) is 0 Å². The normalized spacial score (nSPS) is 12.0. The van der Waals surface area contributed by atoms with E-state index in [0.29, 0.717) is 6.04 Å². The molecular formula is C9H22O3Si. The van der Waals surface area contributed by atoms with Crippen LogP contribution in [0.1, 0.15) is 39.0 Å². The van der Waals surface area contributed by atoms with Crippen LogP contribution in [-0.2, 0) is 8.85 Å². The Morgan fingerprint density at radius 3 is 2.00 bits per heavy atom. The van der Waals surface area contributed by atoms with Crippen LogP contribution >= 0.6 is 0 Å². The summed E-state index contributed by atoms with van der Waals surface area (Å²) in [5, 5.41) is 0. The second-order valence-electron chi connectivity index (χ2n) is 3.29. The molecule has 13 heavy (non-hydrogen) atoms. The van der Waals surface area contributed by atoms with Crippen molar-refractivity contribution in [3.05, 3.63) is 0 Å². The van der Waals surface area contributed by atoms with Gasteiger partial charge in [0.15, 0.2) is 0 Å². The first-order valence-electron chi connectivity index (χ1n) is 5.01. The SMILES string of the molecule is CCCCCCC[Si](O)(OC)OC. The molecule has 4 heteroatoms. The molecule has 0 aromatic carbocycles. The Hall–Kier alpha value is 0.0969. The molecule has 0 aromatic heterocycles. The van der Waals surface area contributed by atoms with Crippen LogP contribution in [-0.4, -0.2) is 27.8 Å². The summed E-state index contributed by atoms with van der Waals surface area (Å²) >= 11 is 0. The van der Waals surface area contributed by atoms with E-state index in [1.54, 1.807) is 0 Å². The topological polar surface area (TPSA) is 38.7 Å². The van der Waals surface area contributed by atoms with Crippen LogP contribution in [0, 0.1) is 0 Å². The first-order chi connectivity index (χ1) is 6.18. The smallest absolute Gasteiger partial charge is 0.390 e. The Balaban J connectivity index is 3.39. The number of hydrogen-bond donors (Lipinski definition) is 1. The number of unbranched alkanes of at least 4 members (excludes halogenated alkanes) is 4. The van der Waals surface area contributed by atoms with Crippen molar-refractivity contribution >= 4 is 8.80 Å². The van der Waals surface area contributed by atoms with Gasteiger partial charge in [0.25, 0.3) is 0 Å². The van der Waals surface area contributed by atoms with Gasteiger partial charge in [-0.3, -0.25) is 0 Å². The summed E-state index contributed by atoms with van der Waals surface area (Å²) in [6, 6.07) is 0.684. The third kappa shape index (κ3) is 6.21. The lowest BCUT2D eigenvalue weighted by Crippen LogP contribution is -2.39. The van der Waals surface area contributed by atoms with Crippen molar-refractivity contribution < 1.29 is 13.6 Å². The van der Waals surface area contributed by atoms with Gasteiger partial charge in [0.2, 0.25) is 0 Å². The van der Waals surface area contributed by atoms with Crippen molar-refractivity contribution in [2.24, 2.45) is 0 Å². The molecule has 0 saturated carbocycles. The van der Waals surface area contributed by atoms with E-state index in [1.165, 1.54) is 33.5 Å². The molecule has 0 amide bonds. The van der Waals surface area contributed by atoms with Crippen molar-refractivity contribution in [2.45, 2.75) is 45.1 Å². The molecule has 0 spiro atoms. The fraction of sp³-hybridized carbons (Fsp3) is 1.00. The van der Waals surface area contributed by atoms with Crippen molar-refractivity contribution in [2.75, 3.05) is 14.2 Å². The summed E-state index contributed by atoms with van der Waals surface area (Å²) in [5.41, 5.74) is 0. The first-order valence-corrected chi connectivity index (χ1v) is 6.98. The maximum absolute atomic E-state index is 9.68. The average Bonchev–Trinajstić information content (AvgIpc) is 2.17. The molecular weight excluding hydrogens is 184 g/mol.